The van der Waals surface area contributed by atoms with Crippen molar-refractivity contribution in [3.05, 3.63) is 47.7 Å². The molecule has 80 valence electrons. The third kappa shape index (κ3) is 2.21. The van der Waals surface area contributed by atoms with E-state index in [2.05, 4.69) is 30.2 Å². The standard InChI is InChI=1S/C13H18N2/c1-15(12-9-5-6-10-12)13(14)11-7-3-2-4-8-11/h2-4,7-9,13H,5-6,10,14H2,1H3. The molecule has 0 aromatic heterocycles. The van der Waals surface area contributed by atoms with Gasteiger partial charge < -0.3 is 10.6 Å². The summed E-state index contributed by atoms with van der Waals surface area (Å²) in [5.74, 6) is 0. The second-order valence-corrected chi connectivity index (χ2v) is 4.05. The first kappa shape index (κ1) is 10.2. The molecular formula is C13H18N2. The topological polar surface area (TPSA) is 29.3 Å². The molecule has 2 rings (SSSR count). The Bertz CT molecular complexity index is 343. The molecule has 15 heavy (non-hydrogen) atoms. The number of hydrogen-bond donors (Lipinski definition) is 1. The van der Waals surface area contributed by atoms with Crippen molar-refractivity contribution in [1.29, 1.82) is 0 Å². The number of benzene rings is 1. The average Bonchev–Trinajstić information content (AvgIpc) is 2.82. The first-order valence-corrected chi connectivity index (χ1v) is 5.51. The molecule has 1 aromatic carbocycles. The molecule has 2 nitrogen and oxygen atoms in total. The van der Waals surface area contributed by atoms with Gasteiger partial charge in [-0.3, -0.25) is 0 Å². The average molecular weight is 202 g/mol. The Balaban J connectivity index is 2.10. The lowest BCUT2D eigenvalue weighted by atomic mass is 10.1. The van der Waals surface area contributed by atoms with Crippen LogP contribution in [-0.4, -0.2) is 11.9 Å². The van der Waals surface area contributed by atoms with Crippen LogP contribution in [0.5, 0.6) is 0 Å². The predicted molar refractivity (Wildman–Crippen MR) is 63.1 cm³/mol. The molecule has 1 aliphatic rings. The van der Waals surface area contributed by atoms with Crippen LogP contribution in [0.3, 0.4) is 0 Å². The summed E-state index contributed by atoms with van der Waals surface area (Å²) in [4.78, 5) is 2.18. The molecule has 0 saturated heterocycles. The molecular weight excluding hydrogens is 184 g/mol. The van der Waals surface area contributed by atoms with E-state index in [0.717, 1.165) is 6.42 Å². The third-order valence-electron chi connectivity index (χ3n) is 3.03. The Morgan fingerprint density at radius 3 is 2.60 bits per heavy atom. The zero-order valence-electron chi connectivity index (χ0n) is 9.19. The summed E-state index contributed by atoms with van der Waals surface area (Å²) in [6, 6.07) is 10.2. The van der Waals surface area contributed by atoms with Crippen LogP contribution in [0.1, 0.15) is 31.0 Å². The fraction of sp³-hybridized carbons (Fsp3) is 0.385. The summed E-state index contributed by atoms with van der Waals surface area (Å²) in [6.45, 7) is 0. The molecule has 0 bridgehead atoms. The van der Waals surface area contributed by atoms with Crippen molar-refractivity contribution in [3.63, 3.8) is 0 Å². The second-order valence-electron chi connectivity index (χ2n) is 4.05. The highest BCUT2D eigenvalue weighted by Crippen LogP contribution is 2.25. The zero-order chi connectivity index (χ0) is 10.7. The minimum absolute atomic E-state index is 0.0180. The van der Waals surface area contributed by atoms with Gasteiger partial charge in [0, 0.05) is 12.7 Å². The van der Waals surface area contributed by atoms with Crippen LogP contribution in [-0.2, 0) is 0 Å². The van der Waals surface area contributed by atoms with Crippen molar-refractivity contribution in [2.24, 2.45) is 5.73 Å². The highest BCUT2D eigenvalue weighted by molar-refractivity contribution is 5.20. The van der Waals surface area contributed by atoms with Crippen molar-refractivity contribution in [1.82, 2.24) is 4.90 Å². The van der Waals surface area contributed by atoms with Gasteiger partial charge in [0.1, 0.15) is 6.17 Å². The number of nitrogens with zero attached hydrogens (tertiary/aromatic N) is 1. The van der Waals surface area contributed by atoms with Gasteiger partial charge in [0.15, 0.2) is 0 Å². The lowest BCUT2D eigenvalue weighted by Gasteiger charge is -2.28. The Morgan fingerprint density at radius 2 is 2.00 bits per heavy atom. The Labute approximate surface area is 91.4 Å². The van der Waals surface area contributed by atoms with E-state index in [1.165, 1.54) is 24.1 Å². The van der Waals surface area contributed by atoms with E-state index < -0.39 is 0 Å². The predicted octanol–water partition coefficient (Wildman–Crippen LogP) is 2.64. The second kappa shape index (κ2) is 4.49. The van der Waals surface area contributed by atoms with E-state index in [9.17, 15) is 0 Å². The Hall–Kier alpha value is -1.28. The van der Waals surface area contributed by atoms with E-state index in [0.29, 0.717) is 0 Å². The van der Waals surface area contributed by atoms with E-state index in [-0.39, 0.29) is 6.17 Å². The molecule has 2 N–H and O–H groups in total. The van der Waals surface area contributed by atoms with Gasteiger partial charge in [0.25, 0.3) is 0 Å². The van der Waals surface area contributed by atoms with Crippen LogP contribution in [0, 0.1) is 0 Å². The van der Waals surface area contributed by atoms with E-state index in [4.69, 9.17) is 5.73 Å². The van der Waals surface area contributed by atoms with Gasteiger partial charge in [0.2, 0.25) is 0 Å². The molecule has 0 amide bonds. The summed E-state index contributed by atoms with van der Waals surface area (Å²) in [7, 11) is 2.08. The Morgan fingerprint density at radius 1 is 1.27 bits per heavy atom. The molecule has 0 saturated carbocycles. The van der Waals surface area contributed by atoms with Gasteiger partial charge in [-0.1, -0.05) is 36.4 Å². The van der Waals surface area contributed by atoms with Crippen LogP contribution >= 0.6 is 0 Å². The van der Waals surface area contributed by atoms with Crippen LogP contribution in [0.25, 0.3) is 0 Å². The van der Waals surface area contributed by atoms with Crippen molar-refractivity contribution < 1.29 is 0 Å². The highest BCUT2D eigenvalue weighted by atomic mass is 15.2. The molecule has 2 heteroatoms. The van der Waals surface area contributed by atoms with Crippen LogP contribution in [0.4, 0.5) is 0 Å². The maximum Gasteiger partial charge on any atom is 0.103 e. The first-order valence-electron chi connectivity index (χ1n) is 5.51. The van der Waals surface area contributed by atoms with Crippen molar-refractivity contribution in [2.75, 3.05) is 7.05 Å². The van der Waals surface area contributed by atoms with Gasteiger partial charge in [-0.15, -0.1) is 0 Å². The molecule has 1 aliphatic carbocycles. The first-order chi connectivity index (χ1) is 7.29. The lowest BCUT2D eigenvalue weighted by Crippen LogP contribution is -2.30. The summed E-state index contributed by atoms with van der Waals surface area (Å²) < 4.78 is 0. The smallest absolute Gasteiger partial charge is 0.103 e. The highest BCUT2D eigenvalue weighted by Gasteiger charge is 2.16. The van der Waals surface area contributed by atoms with Crippen LogP contribution < -0.4 is 5.73 Å². The molecule has 0 radical (unpaired) electrons. The molecule has 1 atom stereocenters. The van der Waals surface area contributed by atoms with Crippen LogP contribution in [0.2, 0.25) is 0 Å². The van der Waals surface area contributed by atoms with Crippen molar-refractivity contribution in [3.8, 4) is 0 Å². The minimum atomic E-state index is -0.0180. The maximum absolute atomic E-state index is 6.20. The normalized spacial score (nSPS) is 17.3. The largest absolute Gasteiger partial charge is 0.359 e. The molecule has 1 aromatic rings. The van der Waals surface area contributed by atoms with Gasteiger partial charge in [-0.25, -0.2) is 0 Å². The summed E-state index contributed by atoms with van der Waals surface area (Å²) in [5, 5.41) is 0. The molecule has 0 fully saturated rings. The van der Waals surface area contributed by atoms with Gasteiger partial charge >= 0.3 is 0 Å². The molecule has 0 aliphatic heterocycles. The van der Waals surface area contributed by atoms with E-state index in [1.54, 1.807) is 0 Å². The number of allylic oxidation sites excluding steroid dienone is 2. The monoisotopic (exact) mass is 202 g/mol. The maximum atomic E-state index is 6.20. The van der Waals surface area contributed by atoms with E-state index >= 15 is 0 Å². The zero-order valence-corrected chi connectivity index (χ0v) is 9.19. The van der Waals surface area contributed by atoms with Gasteiger partial charge in [-0.05, 0) is 24.8 Å². The SMILES string of the molecule is CN(C1=CCCC1)C(N)c1ccccc1. The minimum Gasteiger partial charge on any atom is -0.359 e. The van der Waals surface area contributed by atoms with Gasteiger partial charge in [0.05, 0.1) is 0 Å². The summed E-state index contributed by atoms with van der Waals surface area (Å²) in [6.07, 6.45) is 5.90. The molecule has 0 spiro atoms. The van der Waals surface area contributed by atoms with E-state index in [1.807, 2.05) is 18.2 Å². The van der Waals surface area contributed by atoms with Crippen LogP contribution in [0.15, 0.2) is 42.1 Å². The third-order valence-corrected chi connectivity index (χ3v) is 3.03. The number of hydrogen-bond acceptors (Lipinski definition) is 2. The number of rotatable bonds is 3. The summed E-state index contributed by atoms with van der Waals surface area (Å²) >= 11 is 0. The van der Waals surface area contributed by atoms with Gasteiger partial charge in [-0.2, -0.15) is 0 Å². The number of nitrogens with two attached hydrogens (primary N) is 1. The fourth-order valence-corrected chi connectivity index (χ4v) is 2.03. The lowest BCUT2D eigenvalue weighted by molar-refractivity contribution is 0.309. The quantitative estimate of drug-likeness (QED) is 0.763. The van der Waals surface area contributed by atoms with Crippen molar-refractivity contribution >= 4 is 0 Å². The summed E-state index contributed by atoms with van der Waals surface area (Å²) in [5.41, 5.74) is 8.76. The molecule has 1 unspecified atom stereocenters. The Kier molecular flexibility index (Phi) is 3.07. The fourth-order valence-electron chi connectivity index (χ4n) is 2.03. The van der Waals surface area contributed by atoms with Crippen molar-refractivity contribution in [2.45, 2.75) is 25.4 Å². The molecule has 0 heterocycles.